The molecule has 1 atom stereocenters. The maximum atomic E-state index is 11.4. The second kappa shape index (κ2) is 5.84. The van der Waals surface area contributed by atoms with Crippen molar-refractivity contribution >= 4 is 22.4 Å². The standard InChI is InChI=1S/C11H18N2O2S/c1-5-6-7(2)12-11-13-8(3)9(16-11)10(14)15-4/h7H,5-6H2,1-4H3,(H,12,13). The number of aromatic nitrogens is 1. The maximum absolute atomic E-state index is 11.4. The summed E-state index contributed by atoms with van der Waals surface area (Å²) in [6, 6.07) is 0.376. The summed E-state index contributed by atoms with van der Waals surface area (Å²) in [5.74, 6) is -0.314. The molecule has 0 aromatic carbocycles. The van der Waals surface area contributed by atoms with Crippen molar-refractivity contribution in [3.05, 3.63) is 10.6 Å². The highest BCUT2D eigenvalue weighted by Gasteiger charge is 2.16. The second-order valence-electron chi connectivity index (χ2n) is 3.76. The Morgan fingerprint density at radius 3 is 2.88 bits per heavy atom. The molecule has 1 rings (SSSR count). The number of carbonyl (C=O) groups is 1. The number of carbonyl (C=O) groups excluding carboxylic acids is 1. The summed E-state index contributed by atoms with van der Waals surface area (Å²) in [6.45, 7) is 6.07. The van der Waals surface area contributed by atoms with Crippen molar-refractivity contribution in [1.29, 1.82) is 0 Å². The van der Waals surface area contributed by atoms with Crippen LogP contribution >= 0.6 is 11.3 Å². The summed E-state index contributed by atoms with van der Waals surface area (Å²) >= 11 is 1.35. The van der Waals surface area contributed by atoms with E-state index in [9.17, 15) is 4.79 Å². The average Bonchev–Trinajstić information content (AvgIpc) is 2.58. The highest BCUT2D eigenvalue weighted by Crippen LogP contribution is 2.24. The molecule has 90 valence electrons. The number of esters is 1. The largest absolute Gasteiger partial charge is 0.465 e. The SMILES string of the molecule is CCCC(C)Nc1nc(C)c(C(=O)OC)s1. The Hall–Kier alpha value is -1.10. The van der Waals surface area contributed by atoms with E-state index >= 15 is 0 Å². The molecule has 0 aliphatic carbocycles. The van der Waals surface area contributed by atoms with E-state index in [1.165, 1.54) is 18.4 Å². The summed E-state index contributed by atoms with van der Waals surface area (Å²) in [5.41, 5.74) is 0.725. The average molecular weight is 242 g/mol. The molecule has 1 heterocycles. The van der Waals surface area contributed by atoms with Gasteiger partial charge in [-0.2, -0.15) is 0 Å². The first kappa shape index (κ1) is 13.0. The zero-order chi connectivity index (χ0) is 12.1. The van der Waals surface area contributed by atoms with E-state index in [1.807, 2.05) is 6.92 Å². The van der Waals surface area contributed by atoms with Crippen LogP contribution in [0.15, 0.2) is 0 Å². The van der Waals surface area contributed by atoms with Crippen molar-refractivity contribution in [2.24, 2.45) is 0 Å². The zero-order valence-corrected chi connectivity index (χ0v) is 11.0. The Morgan fingerprint density at radius 2 is 2.31 bits per heavy atom. The minimum absolute atomic E-state index is 0.314. The number of thiazole rings is 1. The Kier molecular flexibility index (Phi) is 4.73. The van der Waals surface area contributed by atoms with E-state index in [-0.39, 0.29) is 5.97 Å². The van der Waals surface area contributed by atoms with Crippen molar-refractivity contribution in [3.63, 3.8) is 0 Å². The molecule has 5 heteroatoms. The number of hydrogen-bond donors (Lipinski definition) is 1. The fraction of sp³-hybridized carbons (Fsp3) is 0.636. The number of nitrogens with one attached hydrogen (secondary N) is 1. The Morgan fingerprint density at radius 1 is 1.62 bits per heavy atom. The lowest BCUT2D eigenvalue weighted by Gasteiger charge is -2.10. The van der Waals surface area contributed by atoms with E-state index in [2.05, 4.69) is 28.9 Å². The first-order valence-corrected chi connectivity index (χ1v) is 6.22. The minimum atomic E-state index is -0.314. The van der Waals surface area contributed by atoms with Crippen LogP contribution in [0.25, 0.3) is 0 Å². The van der Waals surface area contributed by atoms with Crippen LogP contribution in [0.1, 0.15) is 42.1 Å². The molecular weight excluding hydrogens is 224 g/mol. The molecular formula is C11H18N2O2S. The monoisotopic (exact) mass is 242 g/mol. The highest BCUT2D eigenvalue weighted by molar-refractivity contribution is 7.17. The van der Waals surface area contributed by atoms with Gasteiger partial charge in [-0.05, 0) is 20.3 Å². The summed E-state index contributed by atoms with van der Waals surface area (Å²) in [7, 11) is 1.38. The van der Waals surface area contributed by atoms with Crippen molar-refractivity contribution in [1.82, 2.24) is 4.98 Å². The van der Waals surface area contributed by atoms with Gasteiger partial charge < -0.3 is 10.1 Å². The molecule has 0 aliphatic rings. The molecule has 0 radical (unpaired) electrons. The minimum Gasteiger partial charge on any atom is -0.465 e. The molecule has 0 saturated heterocycles. The molecule has 0 spiro atoms. The molecule has 1 N–H and O–H groups in total. The molecule has 0 saturated carbocycles. The fourth-order valence-corrected chi connectivity index (χ4v) is 2.45. The van der Waals surface area contributed by atoms with Gasteiger partial charge >= 0.3 is 5.97 Å². The first-order valence-electron chi connectivity index (χ1n) is 5.40. The van der Waals surface area contributed by atoms with Crippen molar-refractivity contribution in [2.75, 3.05) is 12.4 Å². The van der Waals surface area contributed by atoms with Crippen LogP contribution in [-0.4, -0.2) is 24.1 Å². The van der Waals surface area contributed by atoms with E-state index < -0.39 is 0 Å². The van der Waals surface area contributed by atoms with Gasteiger partial charge in [-0.1, -0.05) is 24.7 Å². The summed E-state index contributed by atoms with van der Waals surface area (Å²) in [6.07, 6.45) is 2.22. The van der Waals surface area contributed by atoms with Crippen LogP contribution in [0, 0.1) is 6.92 Å². The van der Waals surface area contributed by atoms with Gasteiger partial charge in [0.05, 0.1) is 12.8 Å². The third-order valence-electron chi connectivity index (χ3n) is 2.26. The number of rotatable bonds is 5. The number of aryl methyl sites for hydroxylation is 1. The van der Waals surface area contributed by atoms with Crippen LogP contribution < -0.4 is 5.32 Å². The number of ether oxygens (including phenoxy) is 1. The van der Waals surface area contributed by atoms with Gasteiger partial charge in [0.15, 0.2) is 5.13 Å². The van der Waals surface area contributed by atoms with Crippen molar-refractivity contribution < 1.29 is 9.53 Å². The number of nitrogens with zero attached hydrogens (tertiary/aromatic N) is 1. The smallest absolute Gasteiger partial charge is 0.350 e. The lowest BCUT2D eigenvalue weighted by molar-refractivity contribution is 0.0605. The van der Waals surface area contributed by atoms with E-state index in [1.54, 1.807) is 0 Å². The number of anilines is 1. The fourth-order valence-electron chi connectivity index (χ4n) is 1.46. The van der Waals surface area contributed by atoms with E-state index in [0.717, 1.165) is 23.7 Å². The third kappa shape index (κ3) is 3.20. The topological polar surface area (TPSA) is 51.2 Å². The Labute approximate surface area is 100 Å². The second-order valence-corrected chi connectivity index (χ2v) is 4.76. The summed E-state index contributed by atoms with van der Waals surface area (Å²) in [5, 5.41) is 4.07. The maximum Gasteiger partial charge on any atom is 0.350 e. The zero-order valence-electron chi connectivity index (χ0n) is 10.2. The molecule has 0 bridgehead atoms. The summed E-state index contributed by atoms with van der Waals surface area (Å²) in [4.78, 5) is 16.3. The van der Waals surface area contributed by atoms with Crippen LogP contribution in [-0.2, 0) is 4.74 Å². The quantitative estimate of drug-likeness (QED) is 0.807. The number of methoxy groups -OCH3 is 1. The third-order valence-corrected chi connectivity index (χ3v) is 3.33. The molecule has 0 fully saturated rings. The van der Waals surface area contributed by atoms with Crippen LogP contribution in [0.5, 0.6) is 0 Å². The molecule has 1 aromatic rings. The van der Waals surface area contributed by atoms with Gasteiger partial charge in [0.1, 0.15) is 4.88 Å². The van der Waals surface area contributed by atoms with Gasteiger partial charge in [-0.25, -0.2) is 9.78 Å². The lowest BCUT2D eigenvalue weighted by atomic mass is 10.2. The van der Waals surface area contributed by atoms with Crippen molar-refractivity contribution in [2.45, 2.75) is 39.7 Å². The van der Waals surface area contributed by atoms with Gasteiger partial charge in [0.2, 0.25) is 0 Å². The predicted octanol–water partition coefficient (Wildman–Crippen LogP) is 2.84. The van der Waals surface area contributed by atoms with Crippen LogP contribution in [0.4, 0.5) is 5.13 Å². The number of hydrogen-bond acceptors (Lipinski definition) is 5. The molecule has 0 amide bonds. The molecule has 16 heavy (non-hydrogen) atoms. The van der Waals surface area contributed by atoms with Crippen LogP contribution in [0.2, 0.25) is 0 Å². The molecule has 1 aromatic heterocycles. The molecule has 0 aliphatic heterocycles. The van der Waals surface area contributed by atoms with Gasteiger partial charge in [0.25, 0.3) is 0 Å². The summed E-state index contributed by atoms with van der Waals surface area (Å²) < 4.78 is 4.69. The van der Waals surface area contributed by atoms with Gasteiger partial charge in [-0.3, -0.25) is 0 Å². The molecule has 1 unspecified atom stereocenters. The van der Waals surface area contributed by atoms with Gasteiger partial charge in [0, 0.05) is 6.04 Å². The lowest BCUT2D eigenvalue weighted by Crippen LogP contribution is -2.14. The van der Waals surface area contributed by atoms with Gasteiger partial charge in [-0.15, -0.1) is 0 Å². The Bertz CT molecular complexity index is 363. The Balaban J connectivity index is 2.73. The highest BCUT2D eigenvalue weighted by atomic mass is 32.1. The molecule has 4 nitrogen and oxygen atoms in total. The normalized spacial score (nSPS) is 12.2. The van der Waals surface area contributed by atoms with E-state index in [4.69, 9.17) is 0 Å². The van der Waals surface area contributed by atoms with E-state index in [0.29, 0.717) is 10.9 Å². The first-order chi connectivity index (χ1) is 7.58. The van der Waals surface area contributed by atoms with Crippen molar-refractivity contribution in [3.8, 4) is 0 Å². The van der Waals surface area contributed by atoms with Crippen LogP contribution in [0.3, 0.4) is 0 Å². The predicted molar refractivity (Wildman–Crippen MR) is 66.2 cm³/mol.